The lowest BCUT2D eigenvalue weighted by molar-refractivity contribution is -0.118. The second-order valence-electron chi connectivity index (χ2n) is 3.72. The number of nitrogens with zero attached hydrogens (tertiary/aromatic N) is 1. The van der Waals surface area contributed by atoms with E-state index in [9.17, 15) is 4.79 Å². The Morgan fingerprint density at radius 3 is 2.80 bits per heavy atom. The number of likely N-dealkylation sites (N-methyl/N-ethyl adjacent to an activating group) is 1. The van der Waals surface area contributed by atoms with Crippen molar-refractivity contribution in [2.24, 2.45) is 0 Å². The second-order valence-corrected chi connectivity index (χ2v) is 3.72. The first-order valence-corrected chi connectivity index (χ1v) is 5.42. The van der Waals surface area contributed by atoms with Gasteiger partial charge >= 0.3 is 0 Å². The Morgan fingerprint density at radius 1 is 1.40 bits per heavy atom. The number of hydrogen-bond donors (Lipinski definition) is 1. The van der Waals surface area contributed by atoms with Crippen molar-refractivity contribution in [3.05, 3.63) is 30.3 Å². The van der Waals surface area contributed by atoms with Crippen molar-refractivity contribution in [1.29, 1.82) is 0 Å². The number of carbonyl (C=O) groups is 1. The van der Waals surface area contributed by atoms with Gasteiger partial charge in [0.05, 0.1) is 6.04 Å². The van der Waals surface area contributed by atoms with Gasteiger partial charge in [-0.1, -0.05) is 25.1 Å². The molecule has 80 valence electrons. The molecule has 0 bridgehead atoms. The van der Waals surface area contributed by atoms with Crippen molar-refractivity contribution in [2.75, 3.05) is 18.0 Å². The molecule has 1 aliphatic rings. The Morgan fingerprint density at radius 2 is 2.13 bits per heavy atom. The van der Waals surface area contributed by atoms with Gasteiger partial charge in [0.25, 0.3) is 0 Å². The average molecular weight is 204 g/mol. The molecule has 3 heteroatoms. The molecule has 1 aliphatic heterocycles. The Kier molecular flexibility index (Phi) is 3.02. The molecule has 0 aromatic heterocycles. The highest BCUT2D eigenvalue weighted by Gasteiger charge is 2.31. The Hall–Kier alpha value is -1.35. The Labute approximate surface area is 90.1 Å². The average Bonchev–Trinajstić information content (AvgIpc) is 2.63. The van der Waals surface area contributed by atoms with E-state index in [4.69, 9.17) is 0 Å². The van der Waals surface area contributed by atoms with Crippen LogP contribution < -0.4 is 10.2 Å². The summed E-state index contributed by atoms with van der Waals surface area (Å²) in [5.74, 6) is 0.197. The normalized spacial score (nSPS) is 21.0. The van der Waals surface area contributed by atoms with Crippen LogP contribution in [-0.2, 0) is 4.79 Å². The van der Waals surface area contributed by atoms with Crippen LogP contribution in [-0.4, -0.2) is 25.0 Å². The fourth-order valence-corrected chi connectivity index (χ4v) is 1.98. The maximum atomic E-state index is 12.0. The molecule has 0 unspecified atom stereocenters. The van der Waals surface area contributed by atoms with Crippen molar-refractivity contribution in [2.45, 2.75) is 19.4 Å². The highest BCUT2D eigenvalue weighted by atomic mass is 16.2. The minimum Gasteiger partial charge on any atom is -0.311 e. The molecule has 1 aromatic carbocycles. The van der Waals surface area contributed by atoms with Gasteiger partial charge in [-0.2, -0.15) is 0 Å². The number of carbonyl (C=O) groups excluding carboxylic acids is 1. The van der Waals surface area contributed by atoms with Gasteiger partial charge in [0, 0.05) is 12.2 Å². The number of amides is 1. The maximum absolute atomic E-state index is 12.0. The third-order valence-electron chi connectivity index (χ3n) is 2.72. The van der Waals surface area contributed by atoms with E-state index in [0.29, 0.717) is 0 Å². The minimum atomic E-state index is 0.00945. The van der Waals surface area contributed by atoms with Gasteiger partial charge in [-0.25, -0.2) is 0 Å². The van der Waals surface area contributed by atoms with Crippen LogP contribution in [0.4, 0.5) is 5.69 Å². The second kappa shape index (κ2) is 4.45. The van der Waals surface area contributed by atoms with E-state index in [1.54, 1.807) is 0 Å². The van der Waals surface area contributed by atoms with E-state index in [-0.39, 0.29) is 11.9 Å². The standard InChI is InChI=1S/C12H16N2O/c1-2-13-11-8-9-14(12(11)15)10-6-4-3-5-7-10/h3-7,11,13H,2,8-9H2,1H3/t11-/m0/s1. The number of benzene rings is 1. The number of hydrogen-bond acceptors (Lipinski definition) is 2. The van der Waals surface area contributed by atoms with Crippen LogP contribution in [0.15, 0.2) is 30.3 Å². The molecular weight excluding hydrogens is 188 g/mol. The summed E-state index contributed by atoms with van der Waals surface area (Å²) in [5.41, 5.74) is 1.00. The van der Waals surface area contributed by atoms with Gasteiger partial charge in [0.15, 0.2) is 0 Å². The zero-order valence-corrected chi connectivity index (χ0v) is 8.94. The third kappa shape index (κ3) is 2.02. The lowest BCUT2D eigenvalue weighted by Gasteiger charge is -2.16. The topological polar surface area (TPSA) is 32.3 Å². The largest absolute Gasteiger partial charge is 0.311 e. The molecule has 3 nitrogen and oxygen atoms in total. The van der Waals surface area contributed by atoms with Crippen LogP contribution >= 0.6 is 0 Å². The van der Waals surface area contributed by atoms with Crippen molar-refractivity contribution < 1.29 is 4.79 Å². The van der Waals surface area contributed by atoms with Crippen LogP contribution in [0, 0.1) is 0 Å². The number of para-hydroxylation sites is 1. The molecule has 0 aliphatic carbocycles. The summed E-state index contributed by atoms with van der Waals surface area (Å²) in [6, 6.07) is 9.85. The Bertz CT molecular complexity index is 337. The minimum absolute atomic E-state index is 0.00945. The smallest absolute Gasteiger partial charge is 0.244 e. The maximum Gasteiger partial charge on any atom is 0.244 e. The van der Waals surface area contributed by atoms with Gasteiger partial charge in [0.1, 0.15) is 0 Å². The molecule has 1 heterocycles. The zero-order valence-electron chi connectivity index (χ0n) is 8.94. The Balaban J connectivity index is 2.11. The van der Waals surface area contributed by atoms with Gasteiger partial charge in [-0.3, -0.25) is 4.79 Å². The summed E-state index contributed by atoms with van der Waals surface area (Å²) < 4.78 is 0. The van der Waals surface area contributed by atoms with E-state index in [1.807, 2.05) is 42.2 Å². The fourth-order valence-electron chi connectivity index (χ4n) is 1.98. The van der Waals surface area contributed by atoms with Crippen molar-refractivity contribution in [3.8, 4) is 0 Å². The van der Waals surface area contributed by atoms with Gasteiger partial charge in [-0.15, -0.1) is 0 Å². The summed E-state index contributed by atoms with van der Waals surface area (Å²) in [6.45, 7) is 3.69. The highest BCUT2D eigenvalue weighted by molar-refractivity contribution is 5.99. The van der Waals surface area contributed by atoms with E-state index < -0.39 is 0 Å². The quantitative estimate of drug-likeness (QED) is 0.807. The van der Waals surface area contributed by atoms with Crippen LogP contribution in [0.25, 0.3) is 0 Å². The van der Waals surface area contributed by atoms with Gasteiger partial charge in [-0.05, 0) is 25.1 Å². The van der Waals surface area contributed by atoms with Crippen LogP contribution in [0.5, 0.6) is 0 Å². The molecule has 1 fully saturated rings. The summed E-state index contributed by atoms with van der Waals surface area (Å²) in [5, 5.41) is 3.20. The lowest BCUT2D eigenvalue weighted by Crippen LogP contribution is -2.38. The lowest BCUT2D eigenvalue weighted by atomic mass is 10.2. The van der Waals surface area contributed by atoms with Crippen LogP contribution in [0.1, 0.15) is 13.3 Å². The number of rotatable bonds is 3. The molecule has 1 aromatic rings. The van der Waals surface area contributed by atoms with Crippen molar-refractivity contribution in [3.63, 3.8) is 0 Å². The van der Waals surface area contributed by atoms with E-state index in [0.717, 1.165) is 25.2 Å². The van der Waals surface area contributed by atoms with Crippen molar-refractivity contribution >= 4 is 11.6 Å². The van der Waals surface area contributed by atoms with Gasteiger partial charge in [0.2, 0.25) is 5.91 Å². The summed E-state index contributed by atoms with van der Waals surface area (Å²) in [6.07, 6.45) is 0.904. The molecular formula is C12H16N2O. The van der Waals surface area contributed by atoms with Crippen LogP contribution in [0.3, 0.4) is 0 Å². The summed E-state index contributed by atoms with van der Waals surface area (Å²) >= 11 is 0. The third-order valence-corrected chi connectivity index (χ3v) is 2.72. The molecule has 1 saturated heterocycles. The predicted molar refractivity (Wildman–Crippen MR) is 60.9 cm³/mol. The number of anilines is 1. The fraction of sp³-hybridized carbons (Fsp3) is 0.417. The first kappa shape index (κ1) is 10.2. The summed E-state index contributed by atoms with van der Waals surface area (Å²) in [7, 11) is 0. The molecule has 0 radical (unpaired) electrons. The SMILES string of the molecule is CCN[C@H]1CCN(c2ccccc2)C1=O. The monoisotopic (exact) mass is 204 g/mol. The highest BCUT2D eigenvalue weighted by Crippen LogP contribution is 2.20. The molecule has 15 heavy (non-hydrogen) atoms. The van der Waals surface area contributed by atoms with Gasteiger partial charge < -0.3 is 10.2 Å². The molecule has 1 amide bonds. The first-order valence-electron chi connectivity index (χ1n) is 5.42. The number of nitrogens with one attached hydrogen (secondary N) is 1. The van der Waals surface area contributed by atoms with E-state index in [2.05, 4.69) is 5.32 Å². The van der Waals surface area contributed by atoms with Crippen LogP contribution in [0.2, 0.25) is 0 Å². The predicted octanol–water partition coefficient (Wildman–Crippen LogP) is 1.40. The molecule has 0 saturated carbocycles. The molecule has 1 N–H and O–H groups in total. The zero-order chi connectivity index (χ0) is 10.7. The first-order chi connectivity index (χ1) is 7.33. The molecule has 0 spiro atoms. The van der Waals surface area contributed by atoms with E-state index in [1.165, 1.54) is 0 Å². The van der Waals surface area contributed by atoms with Crippen molar-refractivity contribution in [1.82, 2.24) is 5.32 Å². The summed E-state index contributed by atoms with van der Waals surface area (Å²) in [4.78, 5) is 13.8. The molecule has 1 atom stereocenters. The van der Waals surface area contributed by atoms with E-state index >= 15 is 0 Å². The molecule has 2 rings (SSSR count).